The van der Waals surface area contributed by atoms with Crippen molar-refractivity contribution >= 4 is 11.4 Å². The zero-order chi connectivity index (χ0) is 15.0. The Kier molecular flexibility index (Phi) is 6.47. The van der Waals surface area contributed by atoms with Crippen LogP contribution < -0.4 is 5.32 Å². The summed E-state index contributed by atoms with van der Waals surface area (Å²) in [6.07, 6.45) is 0.458. The second-order valence-corrected chi connectivity index (χ2v) is 4.38. The number of nitro groups is 1. The lowest BCUT2D eigenvalue weighted by Gasteiger charge is -2.21. The maximum Gasteiger partial charge on any atom is 0.292 e. The number of hydrogen-bond acceptors (Lipinski definition) is 5. The average Bonchev–Trinajstić information content (AvgIpc) is 2.44. The van der Waals surface area contributed by atoms with E-state index in [0.29, 0.717) is 31.7 Å². The molecular weight excluding hydrogens is 256 g/mol. The van der Waals surface area contributed by atoms with Gasteiger partial charge in [0.2, 0.25) is 0 Å². The fraction of sp³-hybridized carbons (Fsp3) is 0.500. The van der Waals surface area contributed by atoms with E-state index in [1.54, 1.807) is 6.07 Å². The Balaban J connectivity index is 3.01. The topological polar surface area (TPSA) is 82.2 Å². The van der Waals surface area contributed by atoms with E-state index in [0.717, 1.165) is 12.1 Å². The smallest absolute Gasteiger partial charge is 0.292 e. The van der Waals surface area contributed by atoms with Crippen molar-refractivity contribution in [2.45, 2.75) is 26.8 Å². The van der Waals surface area contributed by atoms with Crippen LogP contribution in [0.4, 0.5) is 11.4 Å². The van der Waals surface area contributed by atoms with E-state index in [2.05, 4.69) is 16.3 Å². The summed E-state index contributed by atoms with van der Waals surface area (Å²) in [5.74, 6) is 0. The SMILES string of the molecule is CCNc1c(CN(CC)CCC#N)cccc1[N+](=O)[O-]. The third-order valence-electron chi connectivity index (χ3n) is 3.06. The third kappa shape index (κ3) is 4.21. The van der Waals surface area contributed by atoms with Crippen molar-refractivity contribution < 1.29 is 4.92 Å². The summed E-state index contributed by atoms with van der Waals surface area (Å²) < 4.78 is 0. The molecule has 1 aromatic rings. The van der Waals surface area contributed by atoms with Crippen LogP contribution in [0.25, 0.3) is 0 Å². The Morgan fingerprint density at radius 1 is 1.45 bits per heavy atom. The number of para-hydroxylation sites is 1. The van der Waals surface area contributed by atoms with Gasteiger partial charge in [-0.15, -0.1) is 0 Å². The highest BCUT2D eigenvalue weighted by Crippen LogP contribution is 2.29. The minimum absolute atomic E-state index is 0.0979. The van der Waals surface area contributed by atoms with Gasteiger partial charge in [0.1, 0.15) is 5.69 Å². The number of nitro benzene ring substituents is 1. The van der Waals surface area contributed by atoms with Crippen LogP contribution >= 0.6 is 0 Å². The highest BCUT2D eigenvalue weighted by Gasteiger charge is 2.17. The fourth-order valence-electron chi connectivity index (χ4n) is 2.05. The quantitative estimate of drug-likeness (QED) is 0.583. The van der Waals surface area contributed by atoms with Crippen LogP contribution in [0.1, 0.15) is 25.8 Å². The first-order chi connectivity index (χ1) is 9.63. The van der Waals surface area contributed by atoms with Gasteiger partial charge in [0.25, 0.3) is 5.69 Å². The lowest BCUT2D eigenvalue weighted by atomic mass is 10.1. The average molecular weight is 276 g/mol. The first-order valence-electron chi connectivity index (χ1n) is 6.73. The minimum Gasteiger partial charge on any atom is -0.380 e. The Bertz CT molecular complexity index is 496. The number of anilines is 1. The molecule has 0 spiro atoms. The van der Waals surface area contributed by atoms with Gasteiger partial charge in [0.05, 0.1) is 11.0 Å². The standard InChI is InChI=1S/C14H20N4O2/c1-3-16-14-12(7-5-8-13(14)18(19)20)11-17(4-2)10-6-9-15/h5,7-8,16H,3-4,6,10-11H2,1-2H3. The highest BCUT2D eigenvalue weighted by molar-refractivity contribution is 5.66. The summed E-state index contributed by atoms with van der Waals surface area (Å²) in [5, 5.41) is 22.8. The van der Waals surface area contributed by atoms with Gasteiger partial charge in [0, 0.05) is 32.1 Å². The van der Waals surface area contributed by atoms with Crippen molar-refractivity contribution in [3.8, 4) is 6.07 Å². The van der Waals surface area contributed by atoms with Gasteiger partial charge in [0.15, 0.2) is 0 Å². The molecule has 0 unspecified atom stereocenters. The van der Waals surface area contributed by atoms with E-state index >= 15 is 0 Å². The molecule has 6 heteroatoms. The van der Waals surface area contributed by atoms with Crippen molar-refractivity contribution in [2.24, 2.45) is 0 Å². The van der Waals surface area contributed by atoms with Gasteiger partial charge >= 0.3 is 0 Å². The van der Waals surface area contributed by atoms with E-state index in [9.17, 15) is 10.1 Å². The van der Waals surface area contributed by atoms with Crippen LogP contribution in [0.15, 0.2) is 18.2 Å². The first kappa shape index (κ1) is 15.9. The Labute approximate surface area is 119 Å². The predicted molar refractivity (Wildman–Crippen MR) is 78.4 cm³/mol. The van der Waals surface area contributed by atoms with Gasteiger partial charge in [-0.25, -0.2) is 0 Å². The maximum atomic E-state index is 11.1. The third-order valence-corrected chi connectivity index (χ3v) is 3.06. The molecule has 1 N–H and O–H groups in total. The summed E-state index contributed by atoms with van der Waals surface area (Å²) in [7, 11) is 0. The molecule has 0 saturated carbocycles. The van der Waals surface area contributed by atoms with Crippen LogP contribution in [-0.4, -0.2) is 29.5 Å². The molecule has 0 amide bonds. The summed E-state index contributed by atoms with van der Waals surface area (Å²) in [6, 6.07) is 7.22. The second-order valence-electron chi connectivity index (χ2n) is 4.38. The molecule has 0 aliphatic carbocycles. The number of nitriles is 1. The zero-order valence-electron chi connectivity index (χ0n) is 11.9. The summed E-state index contributed by atoms with van der Waals surface area (Å²) in [6.45, 7) is 6.62. The number of benzene rings is 1. The Morgan fingerprint density at radius 2 is 2.20 bits per heavy atom. The first-order valence-corrected chi connectivity index (χ1v) is 6.73. The van der Waals surface area contributed by atoms with Crippen LogP contribution in [0, 0.1) is 21.4 Å². The molecule has 0 atom stereocenters. The summed E-state index contributed by atoms with van der Waals surface area (Å²) in [5.41, 5.74) is 1.57. The number of nitrogens with zero attached hydrogens (tertiary/aromatic N) is 3. The van der Waals surface area contributed by atoms with Crippen LogP contribution in [0.3, 0.4) is 0 Å². The normalized spacial score (nSPS) is 10.3. The Morgan fingerprint density at radius 3 is 2.75 bits per heavy atom. The van der Waals surface area contributed by atoms with Crippen molar-refractivity contribution in [1.29, 1.82) is 5.26 Å². The molecule has 0 bridgehead atoms. The number of nitrogens with one attached hydrogen (secondary N) is 1. The van der Waals surface area contributed by atoms with Gasteiger partial charge in [-0.3, -0.25) is 15.0 Å². The lowest BCUT2D eigenvalue weighted by Crippen LogP contribution is -2.24. The van der Waals surface area contributed by atoms with Gasteiger partial charge < -0.3 is 5.32 Å². The van der Waals surface area contributed by atoms with Crippen LogP contribution in [0.5, 0.6) is 0 Å². The van der Waals surface area contributed by atoms with Crippen LogP contribution in [-0.2, 0) is 6.54 Å². The minimum atomic E-state index is -0.368. The molecule has 6 nitrogen and oxygen atoms in total. The molecule has 0 aromatic heterocycles. The zero-order valence-corrected chi connectivity index (χ0v) is 11.9. The van der Waals surface area contributed by atoms with Crippen molar-refractivity contribution in [2.75, 3.05) is 25.0 Å². The molecule has 1 rings (SSSR count). The van der Waals surface area contributed by atoms with E-state index in [4.69, 9.17) is 5.26 Å². The van der Waals surface area contributed by atoms with E-state index in [1.807, 2.05) is 19.9 Å². The second kappa shape index (κ2) is 8.12. The van der Waals surface area contributed by atoms with Crippen molar-refractivity contribution in [1.82, 2.24) is 4.90 Å². The highest BCUT2D eigenvalue weighted by atomic mass is 16.6. The van der Waals surface area contributed by atoms with Gasteiger partial charge in [-0.05, 0) is 19.0 Å². The lowest BCUT2D eigenvalue weighted by molar-refractivity contribution is -0.384. The summed E-state index contributed by atoms with van der Waals surface area (Å²) in [4.78, 5) is 12.8. The fourth-order valence-corrected chi connectivity index (χ4v) is 2.05. The predicted octanol–water partition coefficient (Wildman–Crippen LogP) is 2.76. The van der Waals surface area contributed by atoms with E-state index in [1.165, 1.54) is 6.07 Å². The van der Waals surface area contributed by atoms with Crippen molar-refractivity contribution in [3.63, 3.8) is 0 Å². The molecule has 1 aromatic carbocycles. The molecular formula is C14H20N4O2. The van der Waals surface area contributed by atoms with Gasteiger partial charge in [-0.2, -0.15) is 5.26 Å². The van der Waals surface area contributed by atoms with E-state index < -0.39 is 0 Å². The molecule has 0 aliphatic rings. The number of rotatable bonds is 8. The van der Waals surface area contributed by atoms with Crippen LogP contribution in [0.2, 0.25) is 0 Å². The van der Waals surface area contributed by atoms with Crippen molar-refractivity contribution in [3.05, 3.63) is 33.9 Å². The molecule has 0 radical (unpaired) electrons. The largest absolute Gasteiger partial charge is 0.380 e. The molecule has 0 fully saturated rings. The summed E-state index contributed by atoms with van der Waals surface area (Å²) >= 11 is 0. The van der Waals surface area contributed by atoms with E-state index in [-0.39, 0.29) is 10.6 Å². The molecule has 0 saturated heterocycles. The molecule has 0 aliphatic heterocycles. The molecule has 20 heavy (non-hydrogen) atoms. The Hall–Kier alpha value is -2.13. The molecule has 0 heterocycles. The number of hydrogen-bond donors (Lipinski definition) is 1. The maximum absolute atomic E-state index is 11.1. The monoisotopic (exact) mass is 276 g/mol. The molecule has 108 valence electrons. The van der Waals surface area contributed by atoms with Gasteiger partial charge in [-0.1, -0.05) is 19.1 Å².